The van der Waals surface area contributed by atoms with E-state index in [9.17, 15) is 14.1 Å². The van der Waals surface area contributed by atoms with Gasteiger partial charge in [-0.25, -0.2) is 0 Å². The number of ether oxygens (including phenoxy) is 3. The second-order valence-electron chi connectivity index (χ2n) is 7.73. The molecule has 0 radical (unpaired) electrons. The van der Waals surface area contributed by atoms with E-state index in [1.807, 2.05) is 19.1 Å². The molecule has 178 valence electrons. The fourth-order valence-electron chi connectivity index (χ4n) is 3.99. The minimum Gasteiger partial charge on any atom is -0.593 e. The van der Waals surface area contributed by atoms with Crippen LogP contribution in [0, 0.1) is 0 Å². The molecule has 2 unspecified atom stereocenters. The van der Waals surface area contributed by atoms with Crippen molar-refractivity contribution in [3.05, 3.63) is 35.9 Å². The van der Waals surface area contributed by atoms with E-state index in [-0.39, 0.29) is 24.4 Å². The summed E-state index contributed by atoms with van der Waals surface area (Å²) in [7, 11) is 6.10. The molecule has 10 heteroatoms. The van der Waals surface area contributed by atoms with Crippen molar-refractivity contribution >= 4 is 34.6 Å². The quantitative estimate of drug-likeness (QED) is 0.586. The summed E-state index contributed by atoms with van der Waals surface area (Å²) in [6.45, 7) is 3.42. The number of likely N-dealkylation sites (N-methyl/N-ethyl adjacent to an activating group) is 1. The summed E-state index contributed by atoms with van der Waals surface area (Å²) in [6, 6.07) is 8.70. The van der Waals surface area contributed by atoms with Crippen LogP contribution in [0.15, 0.2) is 35.2 Å². The molecule has 33 heavy (non-hydrogen) atoms. The van der Waals surface area contributed by atoms with Crippen LogP contribution in [0.5, 0.6) is 17.2 Å². The van der Waals surface area contributed by atoms with E-state index in [0.29, 0.717) is 34.3 Å². The molecule has 0 aliphatic carbocycles. The number of anilines is 2. The zero-order valence-corrected chi connectivity index (χ0v) is 20.4. The maximum atomic E-state index is 13.0. The third-order valence-corrected chi connectivity index (χ3v) is 6.76. The number of amides is 2. The van der Waals surface area contributed by atoms with Crippen LogP contribution in [0.3, 0.4) is 0 Å². The minimum atomic E-state index is -1.55. The second-order valence-corrected chi connectivity index (χ2v) is 9.32. The summed E-state index contributed by atoms with van der Waals surface area (Å²) < 4.78 is 30.4. The van der Waals surface area contributed by atoms with E-state index >= 15 is 0 Å². The number of carbonyl (C=O) groups excluding carboxylic acids is 2. The highest BCUT2D eigenvalue weighted by Gasteiger charge is 2.31. The Morgan fingerprint density at radius 1 is 1.15 bits per heavy atom. The highest BCUT2D eigenvalue weighted by atomic mass is 32.2. The van der Waals surface area contributed by atoms with Gasteiger partial charge in [0.2, 0.25) is 17.6 Å². The van der Waals surface area contributed by atoms with E-state index in [4.69, 9.17) is 14.2 Å². The first-order valence-corrected chi connectivity index (χ1v) is 11.5. The van der Waals surface area contributed by atoms with Gasteiger partial charge >= 0.3 is 0 Å². The van der Waals surface area contributed by atoms with E-state index in [0.717, 1.165) is 11.3 Å². The van der Waals surface area contributed by atoms with Crippen LogP contribution in [0.25, 0.3) is 0 Å². The lowest BCUT2D eigenvalue weighted by Crippen LogP contribution is -2.35. The lowest BCUT2D eigenvalue weighted by Gasteiger charge is -2.22. The average Bonchev–Trinajstić information content (AvgIpc) is 3.12. The molecular formula is C23H29N3O6S. The number of hydrogen-bond acceptors (Lipinski definition) is 7. The number of rotatable bonds is 8. The molecule has 3 rings (SSSR count). The zero-order valence-electron chi connectivity index (χ0n) is 19.6. The van der Waals surface area contributed by atoms with Gasteiger partial charge in [-0.15, -0.1) is 4.31 Å². The average molecular weight is 476 g/mol. The molecule has 1 aliphatic heterocycles. The van der Waals surface area contributed by atoms with Crippen LogP contribution in [-0.2, 0) is 27.4 Å². The standard InChI is InChI=1S/C23H29N3O6S/c1-14-9-16-10-18(7-8-19(16)26(14)15(2)27)33(29)25(3)13-22(28)24-17-11-20(30-4)23(32-6)21(12-17)31-5/h7-8,10-12,14H,9,13H2,1-6H3,(H,24,28). The predicted molar refractivity (Wildman–Crippen MR) is 127 cm³/mol. The van der Waals surface area contributed by atoms with Crippen molar-refractivity contribution in [3.8, 4) is 17.2 Å². The van der Waals surface area contributed by atoms with Crippen molar-refractivity contribution < 1.29 is 28.4 Å². The molecule has 1 N–H and O–H groups in total. The number of carbonyl (C=O) groups is 2. The number of nitrogens with zero attached hydrogens (tertiary/aromatic N) is 2. The molecule has 2 amide bonds. The monoisotopic (exact) mass is 475 g/mol. The molecule has 1 aliphatic rings. The first-order valence-electron chi connectivity index (χ1n) is 10.4. The Bertz CT molecular complexity index is 1020. The van der Waals surface area contributed by atoms with Crippen LogP contribution in [-0.4, -0.2) is 61.6 Å². The van der Waals surface area contributed by atoms with E-state index in [1.165, 1.54) is 32.6 Å². The third kappa shape index (κ3) is 5.18. The van der Waals surface area contributed by atoms with E-state index in [2.05, 4.69) is 5.32 Å². The highest BCUT2D eigenvalue weighted by Crippen LogP contribution is 2.40. The van der Waals surface area contributed by atoms with Crippen molar-refractivity contribution in [1.29, 1.82) is 0 Å². The molecule has 0 spiro atoms. The molecular weight excluding hydrogens is 446 g/mol. The summed E-state index contributed by atoms with van der Waals surface area (Å²) in [5, 5.41) is 2.77. The van der Waals surface area contributed by atoms with Crippen LogP contribution < -0.4 is 24.4 Å². The van der Waals surface area contributed by atoms with Crippen molar-refractivity contribution in [2.24, 2.45) is 0 Å². The number of fused-ring (bicyclic) bond motifs is 1. The lowest BCUT2D eigenvalue weighted by atomic mass is 10.1. The molecule has 1 heterocycles. The number of benzene rings is 2. The highest BCUT2D eigenvalue weighted by molar-refractivity contribution is 7.89. The second kappa shape index (κ2) is 10.3. The minimum absolute atomic E-state index is 0.0179. The number of hydrogen-bond donors (Lipinski definition) is 1. The van der Waals surface area contributed by atoms with Gasteiger partial charge in [0.25, 0.3) is 0 Å². The first-order chi connectivity index (χ1) is 15.7. The van der Waals surface area contributed by atoms with Crippen molar-refractivity contribution in [1.82, 2.24) is 4.31 Å². The molecule has 0 fully saturated rings. The van der Waals surface area contributed by atoms with Gasteiger partial charge in [0.15, 0.2) is 16.4 Å². The molecule has 0 aromatic heterocycles. The number of nitrogens with one attached hydrogen (secondary N) is 1. The van der Waals surface area contributed by atoms with Crippen molar-refractivity contribution in [2.45, 2.75) is 31.2 Å². The van der Waals surface area contributed by atoms with Gasteiger partial charge in [-0.05, 0) is 31.0 Å². The van der Waals surface area contributed by atoms with Crippen LogP contribution in [0.1, 0.15) is 19.4 Å². The van der Waals surface area contributed by atoms with Crippen LogP contribution in [0.4, 0.5) is 11.4 Å². The Hall–Kier alpha value is -2.95. The molecule has 0 saturated heterocycles. The van der Waals surface area contributed by atoms with Crippen molar-refractivity contribution in [3.63, 3.8) is 0 Å². The normalized spacial score (nSPS) is 15.8. The fraction of sp³-hybridized carbons (Fsp3) is 0.391. The SMILES string of the molecule is COc1cc(NC(=O)CN(C)[S+]([O-])c2ccc3c(c2)CC(C)N3C(C)=O)cc(OC)c1OC. The van der Waals surface area contributed by atoms with Gasteiger partial charge in [-0.3, -0.25) is 9.59 Å². The molecule has 0 bridgehead atoms. The summed E-state index contributed by atoms with van der Waals surface area (Å²) in [4.78, 5) is 26.9. The lowest BCUT2D eigenvalue weighted by molar-refractivity contribution is -0.117. The molecule has 2 aromatic carbocycles. The largest absolute Gasteiger partial charge is 0.593 e. The smallest absolute Gasteiger partial charge is 0.243 e. The van der Waals surface area contributed by atoms with E-state index < -0.39 is 11.4 Å². The van der Waals surface area contributed by atoms with Crippen LogP contribution in [0.2, 0.25) is 0 Å². The summed E-state index contributed by atoms with van der Waals surface area (Å²) >= 11 is -1.55. The summed E-state index contributed by atoms with van der Waals surface area (Å²) in [6.07, 6.45) is 0.700. The Kier molecular flexibility index (Phi) is 7.72. The number of methoxy groups -OCH3 is 3. The maximum absolute atomic E-state index is 13.0. The van der Waals surface area contributed by atoms with Gasteiger partial charge < -0.3 is 29.0 Å². The first kappa shape index (κ1) is 24.7. The van der Waals surface area contributed by atoms with Crippen LogP contribution >= 0.6 is 0 Å². The van der Waals surface area contributed by atoms with Gasteiger partial charge in [-0.1, -0.05) is 0 Å². The molecule has 2 atom stereocenters. The van der Waals surface area contributed by atoms with E-state index in [1.54, 1.807) is 30.1 Å². The maximum Gasteiger partial charge on any atom is 0.243 e. The summed E-state index contributed by atoms with van der Waals surface area (Å²) in [5.74, 6) is 0.881. The summed E-state index contributed by atoms with van der Waals surface area (Å²) in [5.41, 5.74) is 2.28. The van der Waals surface area contributed by atoms with Crippen molar-refractivity contribution in [2.75, 3.05) is 45.1 Å². The van der Waals surface area contributed by atoms with Gasteiger partial charge in [0.05, 0.1) is 32.7 Å². The molecule has 2 aromatic rings. The molecule has 9 nitrogen and oxygen atoms in total. The third-order valence-electron chi connectivity index (χ3n) is 5.41. The van der Waals surface area contributed by atoms with Gasteiger partial charge in [0, 0.05) is 49.6 Å². The van der Waals surface area contributed by atoms with Gasteiger partial charge in [0.1, 0.15) is 6.54 Å². The topological polar surface area (TPSA) is 103 Å². The zero-order chi connectivity index (χ0) is 24.3. The molecule has 0 saturated carbocycles. The Labute approximate surface area is 196 Å². The Morgan fingerprint density at radius 2 is 1.79 bits per heavy atom. The van der Waals surface area contributed by atoms with Gasteiger partial charge in [-0.2, -0.15) is 0 Å². The predicted octanol–water partition coefficient (Wildman–Crippen LogP) is 2.60. The Balaban J connectivity index is 1.69. The Morgan fingerprint density at radius 3 is 2.33 bits per heavy atom. The fourth-order valence-corrected chi connectivity index (χ4v) is 5.01.